The minimum absolute atomic E-state index is 0.0878. The first-order chi connectivity index (χ1) is 14.7. The number of aromatic nitrogens is 4. The summed E-state index contributed by atoms with van der Waals surface area (Å²) in [7, 11) is 0. The third-order valence-electron chi connectivity index (χ3n) is 4.34. The summed E-state index contributed by atoms with van der Waals surface area (Å²) in [5.74, 6) is -0.122. The number of carboxylic acids is 1. The molecule has 3 aromatic heterocycles. The molecule has 9 heteroatoms. The van der Waals surface area contributed by atoms with Gasteiger partial charge in [-0.3, -0.25) is 9.36 Å². The lowest BCUT2D eigenvalue weighted by Crippen LogP contribution is -2.00. The minimum atomic E-state index is -0.892. The van der Waals surface area contributed by atoms with E-state index < -0.39 is 5.97 Å². The van der Waals surface area contributed by atoms with Gasteiger partial charge in [-0.25, -0.2) is 4.98 Å². The highest BCUT2D eigenvalue weighted by atomic mass is 32.2. The fourth-order valence-corrected chi connectivity index (χ4v) is 5.87. The number of nitrogens with zero attached hydrogens (tertiary/aromatic N) is 4. The highest BCUT2D eigenvalue weighted by Crippen LogP contribution is 2.37. The lowest BCUT2D eigenvalue weighted by atomic mass is 10.2. The standard InChI is InChI=1S/C21H14N4O2S3/c26-18(27)11-14-12-28-21(22-14)30-20-24-23-19(25(20)15-7-2-1-3-8-15)17-10-13-6-4-5-9-16(13)29-17/h1-10,12H,11H2,(H,26,27). The Morgan fingerprint density at radius 2 is 1.87 bits per heavy atom. The maximum absolute atomic E-state index is 10.9. The number of hydrogen-bond acceptors (Lipinski definition) is 7. The van der Waals surface area contributed by atoms with E-state index in [0.717, 1.165) is 20.7 Å². The number of rotatable bonds is 6. The molecule has 1 N–H and O–H groups in total. The SMILES string of the molecule is O=C(O)Cc1csc(Sc2nnc(-c3cc4ccccc4s3)n2-c2ccccc2)n1. The van der Waals surface area contributed by atoms with Gasteiger partial charge in [-0.1, -0.05) is 36.4 Å². The molecule has 0 aliphatic rings. The predicted octanol–water partition coefficient (Wildman–Crippen LogP) is 5.38. The van der Waals surface area contributed by atoms with Gasteiger partial charge in [0.1, 0.15) is 0 Å². The monoisotopic (exact) mass is 450 g/mol. The molecule has 5 rings (SSSR count). The van der Waals surface area contributed by atoms with Gasteiger partial charge in [-0.05, 0) is 41.4 Å². The highest BCUT2D eigenvalue weighted by molar-refractivity contribution is 8.00. The molecule has 0 saturated heterocycles. The van der Waals surface area contributed by atoms with Crippen molar-refractivity contribution in [1.82, 2.24) is 19.7 Å². The van der Waals surface area contributed by atoms with E-state index in [-0.39, 0.29) is 6.42 Å². The van der Waals surface area contributed by atoms with Crippen LogP contribution in [-0.4, -0.2) is 30.8 Å². The van der Waals surface area contributed by atoms with E-state index in [4.69, 9.17) is 5.11 Å². The van der Waals surface area contributed by atoms with Crippen LogP contribution in [0.5, 0.6) is 0 Å². The molecule has 0 aliphatic carbocycles. The van der Waals surface area contributed by atoms with Crippen LogP contribution in [0.3, 0.4) is 0 Å². The second-order valence-electron chi connectivity index (χ2n) is 6.40. The molecule has 0 atom stereocenters. The van der Waals surface area contributed by atoms with E-state index >= 15 is 0 Å². The molecule has 0 fully saturated rings. The van der Waals surface area contributed by atoms with Crippen LogP contribution in [0.4, 0.5) is 0 Å². The molecule has 0 radical (unpaired) electrons. The van der Waals surface area contributed by atoms with E-state index in [1.165, 1.54) is 33.2 Å². The Hall–Kier alpha value is -3.01. The minimum Gasteiger partial charge on any atom is -0.481 e. The van der Waals surface area contributed by atoms with Crippen LogP contribution in [0.2, 0.25) is 0 Å². The van der Waals surface area contributed by atoms with Crippen LogP contribution >= 0.6 is 34.4 Å². The maximum atomic E-state index is 10.9. The zero-order chi connectivity index (χ0) is 20.5. The predicted molar refractivity (Wildman–Crippen MR) is 120 cm³/mol. The van der Waals surface area contributed by atoms with Gasteiger partial charge in [0.05, 0.1) is 17.0 Å². The van der Waals surface area contributed by atoms with Crippen LogP contribution in [-0.2, 0) is 11.2 Å². The van der Waals surface area contributed by atoms with Gasteiger partial charge < -0.3 is 5.11 Å². The number of benzene rings is 2. The molecule has 0 amide bonds. The van der Waals surface area contributed by atoms with Crippen molar-refractivity contribution in [2.45, 2.75) is 15.9 Å². The average molecular weight is 451 g/mol. The molecule has 5 aromatic rings. The highest BCUT2D eigenvalue weighted by Gasteiger charge is 2.20. The van der Waals surface area contributed by atoms with Crippen molar-refractivity contribution in [1.29, 1.82) is 0 Å². The largest absolute Gasteiger partial charge is 0.481 e. The van der Waals surface area contributed by atoms with Gasteiger partial charge in [0, 0.05) is 15.8 Å². The van der Waals surface area contributed by atoms with E-state index in [1.807, 2.05) is 47.0 Å². The quantitative estimate of drug-likeness (QED) is 0.374. The third kappa shape index (κ3) is 3.74. The number of aliphatic carboxylic acids is 1. The van der Waals surface area contributed by atoms with Crippen LogP contribution in [0.25, 0.3) is 26.5 Å². The first kappa shape index (κ1) is 19.0. The van der Waals surface area contributed by atoms with Gasteiger partial charge in [-0.15, -0.1) is 32.9 Å². The first-order valence-corrected chi connectivity index (χ1v) is 11.5. The summed E-state index contributed by atoms with van der Waals surface area (Å²) >= 11 is 4.48. The summed E-state index contributed by atoms with van der Waals surface area (Å²) in [6.07, 6.45) is -0.0878. The number of thiophene rings is 1. The molecular formula is C21H14N4O2S3. The van der Waals surface area contributed by atoms with Crippen LogP contribution in [0.1, 0.15) is 5.69 Å². The number of carboxylic acid groups (broad SMARTS) is 1. The Labute approximate surface area is 183 Å². The van der Waals surface area contributed by atoms with Crippen molar-refractivity contribution in [3.63, 3.8) is 0 Å². The molecule has 30 heavy (non-hydrogen) atoms. The first-order valence-electron chi connectivity index (χ1n) is 9.01. The molecule has 3 heterocycles. The fraction of sp³-hybridized carbons (Fsp3) is 0.0476. The lowest BCUT2D eigenvalue weighted by Gasteiger charge is -2.08. The molecule has 148 valence electrons. The Morgan fingerprint density at radius 1 is 1.07 bits per heavy atom. The van der Waals surface area contributed by atoms with Crippen molar-refractivity contribution in [3.8, 4) is 16.4 Å². The molecule has 2 aromatic carbocycles. The normalized spacial score (nSPS) is 11.2. The number of fused-ring (bicyclic) bond motifs is 1. The number of thiazole rings is 1. The molecular weight excluding hydrogens is 436 g/mol. The summed E-state index contributed by atoms with van der Waals surface area (Å²) in [4.78, 5) is 16.4. The molecule has 0 bridgehead atoms. The Kier molecular flexibility index (Phi) is 5.07. The van der Waals surface area contributed by atoms with Crippen molar-refractivity contribution in [3.05, 3.63) is 71.7 Å². The van der Waals surface area contributed by atoms with E-state index in [0.29, 0.717) is 10.9 Å². The van der Waals surface area contributed by atoms with Gasteiger partial charge >= 0.3 is 5.97 Å². The fourth-order valence-electron chi connectivity index (χ4n) is 3.05. The number of hydrogen-bond donors (Lipinski definition) is 1. The van der Waals surface area contributed by atoms with Gasteiger partial charge in [0.25, 0.3) is 0 Å². The summed E-state index contributed by atoms with van der Waals surface area (Å²) < 4.78 is 3.95. The van der Waals surface area contributed by atoms with Crippen molar-refractivity contribution < 1.29 is 9.90 Å². The average Bonchev–Trinajstić information content (AvgIpc) is 3.46. The maximum Gasteiger partial charge on any atom is 0.309 e. The second kappa shape index (κ2) is 8.02. The molecule has 0 saturated carbocycles. The zero-order valence-electron chi connectivity index (χ0n) is 15.4. The summed E-state index contributed by atoms with van der Waals surface area (Å²) in [6.45, 7) is 0. The number of carbonyl (C=O) groups is 1. The van der Waals surface area contributed by atoms with Gasteiger partial charge in [0.2, 0.25) is 5.16 Å². The summed E-state index contributed by atoms with van der Waals surface area (Å²) in [6, 6.07) is 20.3. The third-order valence-corrected chi connectivity index (χ3v) is 7.38. The molecule has 6 nitrogen and oxygen atoms in total. The van der Waals surface area contributed by atoms with Gasteiger partial charge in [0.15, 0.2) is 10.2 Å². The molecule has 0 aliphatic heterocycles. The number of para-hydroxylation sites is 1. The Balaban J connectivity index is 1.58. The van der Waals surface area contributed by atoms with Crippen molar-refractivity contribution in [2.75, 3.05) is 0 Å². The summed E-state index contributed by atoms with van der Waals surface area (Å²) in [5.41, 5.74) is 1.50. The van der Waals surface area contributed by atoms with Gasteiger partial charge in [-0.2, -0.15) is 0 Å². The van der Waals surface area contributed by atoms with Crippen LogP contribution in [0, 0.1) is 0 Å². The van der Waals surface area contributed by atoms with Crippen molar-refractivity contribution in [2.24, 2.45) is 0 Å². The smallest absolute Gasteiger partial charge is 0.309 e. The van der Waals surface area contributed by atoms with Crippen LogP contribution in [0.15, 0.2) is 75.5 Å². The van der Waals surface area contributed by atoms with Crippen molar-refractivity contribution >= 4 is 50.5 Å². The Morgan fingerprint density at radius 3 is 2.67 bits per heavy atom. The van der Waals surface area contributed by atoms with E-state index in [1.54, 1.807) is 16.7 Å². The second-order valence-corrected chi connectivity index (χ2v) is 9.56. The molecule has 0 spiro atoms. The molecule has 0 unspecified atom stereocenters. The van der Waals surface area contributed by atoms with E-state index in [2.05, 4.69) is 33.4 Å². The zero-order valence-corrected chi connectivity index (χ0v) is 17.9. The van der Waals surface area contributed by atoms with E-state index in [9.17, 15) is 4.79 Å². The lowest BCUT2D eigenvalue weighted by molar-refractivity contribution is -0.136. The van der Waals surface area contributed by atoms with Crippen LogP contribution < -0.4 is 0 Å². The summed E-state index contributed by atoms with van der Waals surface area (Å²) in [5, 5.41) is 21.5. The Bertz CT molecular complexity index is 1310. The topological polar surface area (TPSA) is 80.9 Å².